The molecule has 1 aromatic carbocycles. The molecule has 0 aromatic heterocycles. The summed E-state index contributed by atoms with van der Waals surface area (Å²) in [5, 5.41) is 10.5. The second-order valence-electron chi connectivity index (χ2n) is 5.81. The first-order valence-corrected chi connectivity index (χ1v) is 7.06. The lowest BCUT2D eigenvalue weighted by Gasteiger charge is -2.29. The fourth-order valence-electron chi connectivity index (χ4n) is 3.10. The van der Waals surface area contributed by atoms with Crippen molar-refractivity contribution in [2.24, 2.45) is 11.8 Å². The first-order chi connectivity index (χ1) is 9.08. The molecule has 19 heavy (non-hydrogen) atoms. The molecule has 0 saturated heterocycles. The molecule has 0 aliphatic heterocycles. The van der Waals surface area contributed by atoms with E-state index in [-0.39, 0.29) is 6.10 Å². The summed E-state index contributed by atoms with van der Waals surface area (Å²) in [6.07, 6.45) is 4.88. The van der Waals surface area contributed by atoms with Gasteiger partial charge in [-0.05, 0) is 55.7 Å². The van der Waals surface area contributed by atoms with E-state index in [1.807, 2.05) is 18.2 Å². The minimum absolute atomic E-state index is 0.266. The summed E-state index contributed by atoms with van der Waals surface area (Å²) in [6, 6.07) is 7.99. The van der Waals surface area contributed by atoms with Crippen molar-refractivity contribution in [3.05, 3.63) is 41.5 Å². The van der Waals surface area contributed by atoms with Gasteiger partial charge in [0, 0.05) is 0 Å². The molecular formula is C17H24O2. The van der Waals surface area contributed by atoms with Crippen LogP contribution in [0, 0.1) is 11.8 Å². The Balaban J connectivity index is 2.00. The zero-order valence-corrected chi connectivity index (χ0v) is 12.1. The maximum Gasteiger partial charge on any atom is 0.119 e. The molecule has 1 aliphatic rings. The van der Waals surface area contributed by atoms with Crippen LogP contribution in [0.5, 0.6) is 5.75 Å². The van der Waals surface area contributed by atoms with Crippen LogP contribution in [0.3, 0.4) is 0 Å². The Bertz CT molecular complexity index is 450. The SMILES string of the molecule is COc1cccc(CC(O)C2CC(C)=CC(C)C2)c1. The molecule has 0 spiro atoms. The van der Waals surface area contributed by atoms with Crippen molar-refractivity contribution >= 4 is 0 Å². The van der Waals surface area contributed by atoms with Crippen molar-refractivity contribution in [3.8, 4) is 5.75 Å². The minimum Gasteiger partial charge on any atom is -0.497 e. The van der Waals surface area contributed by atoms with Crippen molar-refractivity contribution in [3.63, 3.8) is 0 Å². The molecule has 0 fully saturated rings. The molecule has 0 amide bonds. The largest absolute Gasteiger partial charge is 0.497 e. The van der Waals surface area contributed by atoms with Crippen molar-refractivity contribution < 1.29 is 9.84 Å². The molecule has 0 saturated carbocycles. The summed E-state index contributed by atoms with van der Waals surface area (Å²) in [6.45, 7) is 4.40. The van der Waals surface area contributed by atoms with Crippen LogP contribution in [0.2, 0.25) is 0 Å². The zero-order chi connectivity index (χ0) is 13.8. The van der Waals surface area contributed by atoms with E-state index in [0.29, 0.717) is 18.3 Å². The molecule has 2 heteroatoms. The second-order valence-corrected chi connectivity index (χ2v) is 5.81. The van der Waals surface area contributed by atoms with Gasteiger partial charge in [-0.1, -0.05) is 30.7 Å². The number of hydrogen-bond acceptors (Lipinski definition) is 2. The van der Waals surface area contributed by atoms with Gasteiger partial charge in [0.1, 0.15) is 5.75 Å². The highest BCUT2D eigenvalue weighted by Gasteiger charge is 2.24. The van der Waals surface area contributed by atoms with Crippen LogP contribution in [0.25, 0.3) is 0 Å². The molecule has 2 rings (SSSR count). The predicted molar refractivity (Wildman–Crippen MR) is 78.3 cm³/mol. The summed E-state index contributed by atoms with van der Waals surface area (Å²) < 4.78 is 5.23. The van der Waals surface area contributed by atoms with Gasteiger partial charge in [-0.25, -0.2) is 0 Å². The second kappa shape index (κ2) is 6.25. The molecule has 1 N–H and O–H groups in total. The Kier molecular flexibility index (Phi) is 4.65. The smallest absolute Gasteiger partial charge is 0.119 e. The molecule has 0 radical (unpaired) electrons. The lowest BCUT2D eigenvalue weighted by Crippen LogP contribution is -2.27. The van der Waals surface area contributed by atoms with Crippen LogP contribution >= 0.6 is 0 Å². The topological polar surface area (TPSA) is 29.5 Å². The summed E-state index contributed by atoms with van der Waals surface area (Å²) in [5.74, 6) is 1.82. The number of allylic oxidation sites excluding steroid dienone is 2. The van der Waals surface area contributed by atoms with Gasteiger partial charge in [-0.15, -0.1) is 0 Å². The number of hydrogen-bond donors (Lipinski definition) is 1. The molecule has 3 atom stereocenters. The Morgan fingerprint density at radius 3 is 2.89 bits per heavy atom. The quantitative estimate of drug-likeness (QED) is 0.838. The van der Waals surface area contributed by atoms with E-state index in [9.17, 15) is 5.11 Å². The lowest BCUT2D eigenvalue weighted by atomic mass is 9.79. The number of aliphatic hydroxyl groups is 1. The van der Waals surface area contributed by atoms with E-state index in [1.165, 1.54) is 5.57 Å². The lowest BCUT2D eigenvalue weighted by molar-refractivity contribution is 0.0932. The van der Waals surface area contributed by atoms with Crippen LogP contribution in [-0.2, 0) is 6.42 Å². The fourth-order valence-corrected chi connectivity index (χ4v) is 3.10. The van der Waals surface area contributed by atoms with Crippen molar-refractivity contribution in [1.82, 2.24) is 0 Å². The van der Waals surface area contributed by atoms with Crippen LogP contribution in [0.15, 0.2) is 35.9 Å². The average molecular weight is 260 g/mol. The van der Waals surface area contributed by atoms with E-state index in [1.54, 1.807) is 7.11 Å². The third-order valence-corrected chi connectivity index (χ3v) is 3.95. The van der Waals surface area contributed by atoms with Gasteiger partial charge in [0.2, 0.25) is 0 Å². The van der Waals surface area contributed by atoms with E-state index >= 15 is 0 Å². The normalized spacial score (nSPS) is 24.7. The van der Waals surface area contributed by atoms with Crippen molar-refractivity contribution in [1.29, 1.82) is 0 Å². The number of aliphatic hydroxyl groups excluding tert-OH is 1. The molecule has 1 aromatic rings. The maximum absolute atomic E-state index is 10.5. The van der Waals surface area contributed by atoms with Gasteiger partial charge >= 0.3 is 0 Å². The standard InChI is InChI=1S/C17H24O2/c1-12-7-13(2)9-15(8-12)17(18)11-14-5-4-6-16(10-14)19-3/h4-7,10,12,15,17-18H,8-9,11H2,1-3H3. The third-order valence-electron chi connectivity index (χ3n) is 3.95. The predicted octanol–water partition coefficient (Wildman–Crippen LogP) is 3.59. The van der Waals surface area contributed by atoms with Gasteiger partial charge < -0.3 is 9.84 Å². The highest BCUT2D eigenvalue weighted by Crippen LogP contribution is 2.31. The number of methoxy groups -OCH3 is 1. The summed E-state index contributed by atoms with van der Waals surface area (Å²) in [5.41, 5.74) is 2.56. The van der Waals surface area contributed by atoms with Crippen LogP contribution in [-0.4, -0.2) is 18.3 Å². The molecule has 0 heterocycles. The zero-order valence-electron chi connectivity index (χ0n) is 12.1. The number of benzene rings is 1. The maximum atomic E-state index is 10.5. The Hall–Kier alpha value is -1.28. The van der Waals surface area contributed by atoms with Gasteiger partial charge in [0.05, 0.1) is 13.2 Å². The van der Waals surface area contributed by atoms with Crippen LogP contribution in [0.1, 0.15) is 32.3 Å². The minimum atomic E-state index is -0.266. The Morgan fingerprint density at radius 2 is 2.21 bits per heavy atom. The summed E-state index contributed by atoms with van der Waals surface area (Å²) >= 11 is 0. The molecule has 0 bridgehead atoms. The fraction of sp³-hybridized carbons (Fsp3) is 0.529. The van der Waals surface area contributed by atoms with Crippen LogP contribution < -0.4 is 4.74 Å². The number of rotatable bonds is 4. The van der Waals surface area contributed by atoms with Gasteiger partial charge in [0.25, 0.3) is 0 Å². The van der Waals surface area contributed by atoms with E-state index in [0.717, 1.165) is 24.2 Å². The van der Waals surface area contributed by atoms with E-state index in [2.05, 4.69) is 26.0 Å². The van der Waals surface area contributed by atoms with Gasteiger partial charge in [-0.3, -0.25) is 0 Å². The Morgan fingerprint density at radius 1 is 1.42 bits per heavy atom. The van der Waals surface area contributed by atoms with Crippen molar-refractivity contribution in [2.45, 2.75) is 39.2 Å². The van der Waals surface area contributed by atoms with Crippen molar-refractivity contribution in [2.75, 3.05) is 7.11 Å². The monoisotopic (exact) mass is 260 g/mol. The van der Waals surface area contributed by atoms with E-state index in [4.69, 9.17) is 4.74 Å². The highest BCUT2D eigenvalue weighted by molar-refractivity contribution is 5.29. The highest BCUT2D eigenvalue weighted by atomic mass is 16.5. The first kappa shape index (κ1) is 14.1. The first-order valence-electron chi connectivity index (χ1n) is 7.06. The summed E-state index contributed by atoms with van der Waals surface area (Å²) in [4.78, 5) is 0. The average Bonchev–Trinajstić information content (AvgIpc) is 2.37. The van der Waals surface area contributed by atoms with E-state index < -0.39 is 0 Å². The number of ether oxygens (including phenoxy) is 1. The summed E-state index contributed by atoms with van der Waals surface area (Å²) in [7, 11) is 1.67. The van der Waals surface area contributed by atoms with Gasteiger partial charge in [0.15, 0.2) is 0 Å². The third kappa shape index (κ3) is 3.84. The Labute approximate surface area is 116 Å². The molecule has 2 nitrogen and oxygen atoms in total. The molecule has 104 valence electrons. The molecular weight excluding hydrogens is 236 g/mol. The van der Waals surface area contributed by atoms with Gasteiger partial charge in [-0.2, -0.15) is 0 Å². The molecule has 1 aliphatic carbocycles. The van der Waals surface area contributed by atoms with Crippen LogP contribution in [0.4, 0.5) is 0 Å². The molecule has 3 unspecified atom stereocenters.